The van der Waals surface area contributed by atoms with Crippen LogP contribution in [-0.4, -0.2) is 20.0 Å². The van der Waals surface area contributed by atoms with E-state index in [1.807, 2.05) is 49.5 Å². The van der Waals surface area contributed by atoms with E-state index in [9.17, 15) is 4.79 Å². The molecule has 0 spiro atoms. The number of hydrogen-bond acceptors (Lipinski definition) is 2. The summed E-state index contributed by atoms with van der Waals surface area (Å²) in [5.74, 6) is 0.153. The molecular weight excluding hydrogens is 224 g/mol. The van der Waals surface area contributed by atoms with Crippen LogP contribution in [0.25, 0.3) is 0 Å². The third-order valence-electron chi connectivity index (χ3n) is 3.19. The summed E-state index contributed by atoms with van der Waals surface area (Å²) in [5, 5.41) is 0. The molecule has 3 nitrogen and oxygen atoms in total. The number of anilines is 2. The molecular formula is C15H20N2O. The molecule has 1 aliphatic heterocycles. The van der Waals surface area contributed by atoms with Gasteiger partial charge in [0.2, 0.25) is 5.91 Å². The Morgan fingerprint density at radius 2 is 1.78 bits per heavy atom. The van der Waals surface area contributed by atoms with Gasteiger partial charge in [-0.2, -0.15) is 0 Å². The standard InChI is InChI=1S/C15H20N2O/c1-15(2)9-10-17(14(18)11-15)13-7-5-12(6-8-13)16(3)4/h5-10H,11H2,1-4H3. The minimum Gasteiger partial charge on any atom is -0.378 e. The summed E-state index contributed by atoms with van der Waals surface area (Å²) in [7, 11) is 4.01. The second kappa shape index (κ2) is 4.48. The van der Waals surface area contributed by atoms with Gasteiger partial charge in [-0.3, -0.25) is 9.69 Å². The van der Waals surface area contributed by atoms with Gasteiger partial charge in [-0.1, -0.05) is 19.9 Å². The van der Waals surface area contributed by atoms with Crippen molar-refractivity contribution in [2.75, 3.05) is 23.9 Å². The normalized spacial score (nSPS) is 18.0. The highest BCUT2D eigenvalue weighted by atomic mass is 16.2. The van der Waals surface area contributed by atoms with E-state index in [1.54, 1.807) is 4.90 Å². The number of benzene rings is 1. The first-order valence-electron chi connectivity index (χ1n) is 6.18. The van der Waals surface area contributed by atoms with Crippen molar-refractivity contribution < 1.29 is 4.79 Å². The molecule has 0 N–H and O–H groups in total. The topological polar surface area (TPSA) is 23.6 Å². The summed E-state index contributed by atoms with van der Waals surface area (Å²) < 4.78 is 0. The van der Waals surface area contributed by atoms with Gasteiger partial charge in [-0.25, -0.2) is 0 Å². The van der Waals surface area contributed by atoms with E-state index in [0.29, 0.717) is 6.42 Å². The van der Waals surface area contributed by atoms with Gasteiger partial charge in [0.15, 0.2) is 0 Å². The van der Waals surface area contributed by atoms with Crippen LogP contribution >= 0.6 is 0 Å². The van der Waals surface area contributed by atoms with Crippen molar-refractivity contribution in [3.05, 3.63) is 36.5 Å². The second-order valence-electron chi connectivity index (χ2n) is 5.66. The summed E-state index contributed by atoms with van der Waals surface area (Å²) in [6.45, 7) is 4.15. The van der Waals surface area contributed by atoms with Crippen molar-refractivity contribution in [3.8, 4) is 0 Å². The van der Waals surface area contributed by atoms with E-state index in [-0.39, 0.29) is 11.3 Å². The molecule has 2 rings (SSSR count). The Morgan fingerprint density at radius 1 is 1.17 bits per heavy atom. The van der Waals surface area contributed by atoms with Crippen LogP contribution in [-0.2, 0) is 4.79 Å². The quantitative estimate of drug-likeness (QED) is 0.798. The molecule has 96 valence electrons. The zero-order valence-electron chi connectivity index (χ0n) is 11.5. The van der Waals surface area contributed by atoms with Crippen LogP contribution in [0.1, 0.15) is 20.3 Å². The van der Waals surface area contributed by atoms with Gasteiger partial charge in [0.1, 0.15) is 0 Å². The lowest BCUT2D eigenvalue weighted by atomic mass is 9.86. The van der Waals surface area contributed by atoms with Crippen LogP contribution < -0.4 is 9.80 Å². The van der Waals surface area contributed by atoms with Gasteiger partial charge in [0.05, 0.1) is 0 Å². The maximum absolute atomic E-state index is 12.1. The van der Waals surface area contributed by atoms with Gasteiger partial charge in [0, 0.05) is 38.1 Å². The van der Waals surface area contributed by atoms with Crippen LogP contribution in [0.4, 0.5) is 11.4 Å². The average Bonchev–Trinajstić information content (AvgIpc) is 2.28. The van der Waals surface area contributed by atoms with E-state index < -0.39 is 0 Å². The minimum atomic E-state index is -0.0306. The molecule has 0 aromatic heterocycles. The van der Waals surface area contributed by atoms with Gasteiger partial charge >= 0.3 is 0 Å². The molecule has 1 aliphatic rings. The molecule has 1 aromatic rings. The maximum atomic E-state index is 12.1. The first-order valence-corrected chi connectivity index (χ1v) is 6.18. The Kier molecular flexibility index (Phi) is 3.16. The van der Waals surface area contributed by atoms with Gasteiger partial charge in [0.25, 0.3) is 0 Å². The number of carbonyl (C=O) groups is 1. The maximum Gasteiger partial charge on any atom is 0.231 e. The largest absolute Gasteiger partial charge is 0.378 e. The number of nitrogens with zero attached hydrogens (tertiary/aromatic N) is 2. The van der Waals surface area contributed by atoms with Gasteiger partial charge in [-0.05, 0) is 29.7 Å². The molecule has 0 unspecified atom stereocenters. The predicted molar refractivity (Wildman–Crippen MR) is 75.8 cm³/mol. The smallest absolute Gasteiger partial charge is 0.231 e. The highest BCUT2D eigenvalue weighted by Gasteiger charge is 2.27. The van der Waals surface area contributed by atoms with Crippen LogP contribution in [0.15, 0.2) is 36.5 Å². The number of hydrogen-bond donors (Lipinski definition) is 0. The fraction of sp³-hybridized carbons (Fsp3) is 0.400. The van der Waals surface area contributed by atoms with Gasteiger partial charge < -0.3 is 4.90 Å². The molecule has 0 aliphatic carbocycles. The summed E-state index contributed by atoms with van der Waals surface area (Å²) in [6.07, 6.45) is 4.53. The zero-order valence-corrected chi connectivity index (χ0v) is 11.5. The molecule has 0 atom stereocenters. The Hall–Kier alpha value is -1.77. The number of amides is 1. The highest BCUT2D eigenvalue weighted by molar-refractivity contribution is 5.96. The van der Waals surface area contributed by atoms with E-state index in [2.05, 4.69) is 19.9 Å². The summed E-state index contributed by atoms with van der Waals surface area (Å²) >= 11 is 0. The molecule has 1 aromatic carbocycles. The van der Waals surface area contributed by atoms with Crippen molar-refractivity contribution in [3.63, 3.8) is 0 Å². The average molecular weight is 244 g/mol. The number of carbonyl (C=O) groups excluding carboxylic acids is 1. The van der Waals surface area contributed by atoms with Crippen LogP contribution in [0.3, 0.4) is 0 Å². The molecule has 0 radical (unpaired) electrons. The SMILES string of the molecule is CN(C)c1ccc(N2C=CC(C)(C)CC2=O)cc1. The molecule has 1 heterocycles. The van der Waals surface area contributed by atoms with Crippen LogP contribution in [0.5, 0.6) is 0 Å². The predicted octanol–water partition coefficient (Wildman–Crippen LogP) is 3.03. The molecule has 0 saturated heterocycles. The molecule has 0 bridgehead atoms. The van der Waals surface area contributed by atoms with Crippen molar-refractivity contribution >= 4 is 17.3 Å². The zero-order chi connectivity index (χ0) is 13.3. The second-order valence-corrected chi connectivity index (χ2v) is 5.66. The summed E-state index contributed by atoms with van der Waals surface area (Å²) in [4.78, 5) is 15.9. The third-order valence-corrected chi connectivity index (χ3v) is 3.19. The van der Waals surface area contributed by atoms with Crippen molar-refractivity contribution in [1.82, 2.24) is 0 Å². The Bertz CT molecular complexity index is 472. The van der Waals surface area contributed by atoms with E-state index in [4.69, 9.17) is 0 Å². The van der Waals surface area contributed by atoms with Crippen molar-refractivity contribution in [2.24, 2.45) is 5.41 Å². The first kappa shape index (κ1) is 12.7. The minimum absolute atomic E-state index is 0.0306. The van der Waals surface area contributed by atoms with Gasteiger partial charge in [-0.15, -0.1) is 0 Å². The van der Waals surface area contributed by atoms with Crippen LogP contribution in [0.2, 0.25) is 0 Å². The fourth-order valence-corrected chi connectivity index (χ4v) is 2.03. The third kappa shape index (κ3) is 2.55. The molecule has 0 saturated carbocycles. The fourth-order valence-electron chi connectivity index (χ4n) is 2.03. The summed E-state index contributed by atoms with van der Waals surface area (Å²) in [6, 6.07) is 8.01. The molecule has 0 fully saturated rings. The first-order chi connectivity index (χ1) is 8.39. The Morgan fingerprint density at radius 3 is 2.28 bits per heavy atom. The van der Waals surface area contributed by atoms with Crippen molar-refractivity contribution in [2.45, 2.75) is 20.3 Å². The molecule has 3 heteroatoms. The van der Waals surface area contributed by atoms with E-state index >= 15 is 0 Å². The number of allylic oxidation sites excluding steroid dienone is 1. The van der Waals surface area contributed by atoms with Crippen molar-refractivity contribution in [1.29, 1.82) is 0 Å². The molecule has 1 amide bonds. The molecule has 18 heavy (non-hydrogen) atoms. The van der Waals surface area contributed by atoms with E-state index in [1.165, 1.54) is 0 Å². The Balaban J connectivity index is 2.25. The lowest BCUT2D eigenvalue weighted by Gasteiger charge is -2.30. The van der Waals surface area contributed by atoms with Crippen LogP contribution in [0, 0.1) is 5.41 Å². The lowest BCUT2D eigenvalue weighted by Crippen LogP contribution is -2.33. The van der Waals surface area contributed by atoms with E-state index in [0.717, 1.165) is 11.4 Å². The Labute approximate surface area is 109 Å². The highest BCUT2D eigenvalue weighted by Crippen LogP contribution is 2.31. The monoisotopic (exact) mass is 244 g/mol. The lowest BCUT2D eigenvalue weighted by molar-refractivity contribution is -0.119. The summed E-state index contributed by atoms with van der Waals surface area (Å²) in [5.41, 5.74) is 2.03. The number of rotatable bonds is 2.